The maximum atomic E-state index is 12.6. The van der Waals surface area contributed by atoms with Gasteiger partial charge in [0.05, 0.1) is 16.6 Å². The molecule has 0 aliphatic heterocycles. The average Bonchev–Trinajstić information content (AvgIpc) is 2.95. The van der Waals surface area contributed by atoms with Crippen LogP contribution in [0.3, 0.4) is 0 Å². The van der Waals surface area contributed by atoms with Gasteiger partial charge in [-0.25, -0.2) is 13.4 Å². The van der Waals surface area contributed by atoms with Crippen molar-refractivity contribution in [3.8, 4) is 0 Å². The van der Waals surface area contributed by atoms with Crippen molar-refractivity contribution in [1.29, 1.82) is 0 Å². The fourth-order valence-electron chi connectivity index (χ4n) is 2.86. The highest BCUT2D eigenvalue weighted by molar-refractivity contribution is 7.89. The van der Waals surface area contributed by atoms with Gasteiger partial charge in [-0.2, -0.15) is 13.2 Å². The third kappa shape index (κ3) is 5.35. The van der Waals surface area contributed by atoms with Crippen molar-refractivity contribution in [1.82, 2.24) is 14.9 Å². The standard InChI is InChI=1S/C19H18F3N3O3S/c1-29(27,28)12-17-24-15-4-2-3-5-16(15)25(17)11-18(26)23-10-13-6-8-14(9-7-13)19(20,21)22/h2-9H,10-12H2,1H3,(H,23,26). The zero-order valence-corrected chi connectivity index (χ0v) is 16.2. The molecule has 1 aromatic heterocycles. The van der Waals surface area contributed by atoms with Gasteiger partial charge in [-0.3, -0.25) is 4.79 Å². The van der Waals surface area contributed by atoms with Crippen LogP contribution in [0.2, 0.25) is 0 Å². The lowest BCUT2D eigenvalue weighted by atomic mass is 10.1. The van der Waals surface area contributed by atoms with E-state index < -0.39 is 27.5 Å². The summed E-state index contributed by atoms with van der Waals surface area (Å²) < 4.78 is 62.7. The number of hydrogen-bond donors (Lipinski definition) is 1. The van der Waals surface area contributed by atoms with Crippen LogP contribution in [0.15, 0.2) is 48.5 Å². The van der Waals surface area contributed by atoms with Crippen molar-refractivity contribution in [2.45, 2.75) is 25.0 Å². The Labute approximate surface area is 165 Å². The highest BCUT2D eigenvalue weighted by atomic mass is 32.2. The van der Waals surface area contributed by atoms with E-state index in [0.717, 1.165) is 18.4 Å². The van der Waals surface area contributed by atoms with Gasteiger partial charge in [-0.05, 0) is 29.8 Å². The fraction of sp³-hybridized carbons (Fsp3) is 0.263. The molecule has 0 saturated carbocycles. The molecule has 0 fully saturated rings. The number of benzene rings is 2. The summed E-state index contributed by atoms with van der Waals surface area (Å²) in [5.41, 5.74) is 0.943. The molecule has 0 aliphatic carbocycles. The maximum Gasteiger partial charge on any atom is 0.416 e. The quantitative estimate of drug-likeness (QED) is 0.659. The molecule has 10 heteroatoms. The normalized spacial score (nSPS) is 12.3. The number of carbonyl (C=O) groups is 1. The summed E-state index contributed by atoms with van der Waals surface area (Å²) in [6, 6.07) is 11.5. The number of aromatic nitrogens is 2. The van der Waals surface area contributed by atoms with Gasteiger partial charge in [-0.15, -0.1) is 0 Å². The number of rotatable bonds is 6. The molecule has 1 amide bonds. The second-order valence-corrected chi connectivity index (χ2v) is 8.78. The molecule has 1 N–H and O–H groups in total. The molecule has 0 aliphatic rings. The van der Waals surface area contributed by atoms with Crippen LogP contribution >= 0.6 is 0 Å². The van der Waals surface area contributed by atoms with E-state index in [1.807, 2.05) is 0 Å². The summed E-state index contributed by atoms with van der Waals surface area (Å²) in [6.07, 6.45) is -3.33. The van der Waals surface area contributed by atoms with Crippen LogP contribution in [0.1, 0.15) is 17.0 Å². The van der Waals surface area contributed by atoms with Gasteiger partial charge in [0.1, 0.15) is 18.1 Å². The molecule has 0 unspecified atom stereocenters. The van der Waals surface area contributed by atoms with Gasteiger partial charge in [-0.1, -0.05) is 24.3 Å². The number of hydrogen-bond acceptors (Lipinski definition) is 4. The first-order valence-electron chi connectivity index (χ1n) is 8.57. The smallest absolute Gasteiger partial charge is 0.350 e. The minimum absolute atomic E-state index is 0.0466. The van der Waals surface area contributed by atoms with Crippen molar-refractivity contribution in [3.63, 3.8) is 0 Å². The van der Waals surface area contributed by atoms with E-state index in [1.54, 1.807) is 24.3 Å². The Kier molecular flexibility index (Phi) is 5.65. The Bertz CT molecular complexity index is 1140. The van der Waals surface area contributed by atoms with E-state index in [0.29, 0.717) is 16.6 Å². The van der Waals surface area contributed by atoms with Crippen molar-refractivity contribution in [2.75, 3.05) is 6.26 Å². The number of nitrogens with zero attached hydrogens (tertiary/aromatic N) is 2. The Hall–Kier alpha value is -2.88. The number of para-hydroxylation sites is 2. The Morgan fingerprint density at radius 3 is 2.38 bits per heavy atom. The summed E-state index contributed by atoms with van der Waals surface area (Å²) in [5, 5.41) is 2.63. The predicted molar refractivity (Wildman–Crippen MR) is 102 cm³/mol. The lowest BCUT2D eigenvalue weighted by Gasteiger charge is -2.11. The molecule has 0 radical (unpaired) electrons. The van der Waals surface area contributed by atoms with Crippen LogP contribution < -0.4 is 5.32 Å². The zero-order valence-electron chi connectivity index (χ0n) is 15.4. The van der Waals surface area contributed by atoms with Crippen LogP contribution in [0, 0.1) is 0 Å². The highest BCUT2D eigenvalue weighted by Crippen LogP contribution is 2.29. The van der Waals surface area contributed by atoms with Crippen LogP contribution in [0.25, 0.3) is 11.0 Å². The first-order chi connectivity index (χ1) is 13.5. The van der Waals surface area contributed by atoms with Crippen LogP contribution in [0.4, 0.5) is 13.2 Å². The third-order valence-corrected chi connectivity index (χ3v) is 4.98. The Balaban J connectivity index is 1.73. The molecule has 2 aromatic carbocycles. The van der Waals surface area contributed by atoms with Gasteiger partial charge in [0, 0.05) is 12.8 Å². The number of imidazole rings is 1. The van der Waals surface area contributed by atoms with Crippen molar-refractivity contribution in [3.05, 3.63) is 65.5 Å². The lowest BCUT2D eigenvalue weighted by molar-refractivity contribution is -0.137. The molecule has 154 valence electrons. The Morgan fingerprint density at radius 1 is 1.10 bits per heavy atom. The number of alkyl halides is 3. The molecule has 0 spiro atoms. The number of halogens is 3. The summed E-state index contributed by atoms with van der Waals surface area (Å²) in [4.78, 5) is 16.7. The number of sulfone groups is 1. The Morgan fingerprint density at radius 2 is 1.76 bits per heavy atom. The minimum Gasteiger partial charge on any atom is -0.350 e. The van der Waals surface area contributed by atoms with Crippen LogP contribution in [-0.4, -0.2) is 30.1 Å². The number of nitrogens with one attached hydrogen (secondary N) is 1. The number of fused-ring (bicyclic) bond motifs is 1. The molecule has 3 rings (SSSR count). The van der Waals surface area contributed by atoms with E-state index in [1.165, 1.54) is 16.7 Å². The average molecular weight is 425 g/mol. The molecule has 3 aromatic rings. The number of carbonyl (C=O) groups excluding carboxylic acids is 1. The topological polar surface area (TPSA) is 81.1 Å². The first kappa shape index (κ1) is 20.8. The highest BCUT2D eigenvalue weighted by Gasteiger charge is 2.29. The predicted octanol–water partition coefficient (Wildman–Crippen LogP) is 2.92. The van der Waals surface area contributed by atoms with Crippen molar-refractivity contribution in [2.24, 2.45) is 0 Å². The molecule has 1 heterocycles. The SMILES string of the molecule is CS(=O)(=O)Cc1nc2ccccc2n1CC(=O)NCc1ccc(C(F)(F)F)cc1. The summed E-state index contributed by atoms with van der Waals surface area (Å²) >= 11 is 0. The molecule has 29 heavy (non-hydrogen) atoms. The van der Waals surface area contributed by atoms with Gasteiger partial charge in [0.2, 0.25) is 5.91 Å². The molecule has 0 atom stereocenters. The van der Waals surface area contributed by atoms with Crippen LogP contribution in [0.5, 0.6) is 0 Å². The van der Waals surface area contributed by atoms with E-state index in [9.17, 15) is 26.4 Å². The van der Waals surface area contributed by atoms with Gasteiger partial charge < -0.3 is 9.88 Å². The molecular formula is C19H18F3N3O3S. The second-order valence-electron chi connectivity index (χ2n) is 6.64. The van der Waals surface area contributed by atoms with E-state index in [2.05, 4.69) is 10.3 Å². The van der Waals surface area contributed by atoms with Crippen molar-refractivity contribution >= 4 is 26.8 Å². The molecule has 0 saturated heterocycles. The van der Waals surface area contributed by atoms with E-state index >= 15 is 0 Å². The van der Waals surface area contributed by atoms with E-state index in [4.69, 9.17) is 0 Å². The third-order valence-electron chi connectivity index (χ3n) is 4.20. The van der Waals surface area contributed by atoms with Crippen molar-refractivity contribution < 1.29 is 26.4 Å². The largest absolute Gasteiger partial charge is 0.416 e. The van der Waals surface area contributed by atoms with Gasteiger partial charge >= 0.3 is 6.18 Å². The monoisotopic (exact) mass is 425 g/mol. The summed E-state index contributed by atoms with van der Waals surface area (Å²) in [7, 11) is -3.36. The fourth-order valence-corrected chi connectivity index (χ4v) is 3.55. The summed E-state index contributed by atoms with van der Waals surface area (Å²) in [6.45, 7) is -0.114. The molecule has 0 bridgehead atoms. The molecule has 6 nitrogen and oxygen atoms in total. The van der Waals surface area contributed by atoms with Gasteiger partial charge in [0.15, 0.2) is 9.84 Å². The second kappa shape index (κ2) is 7.86. The lowest BCUT2D eigenvalue weighted by Crippen LogP contribution is -2.28. The zero-order chi connectivity index (χ0) is 21.2. The first-order valence-corrected chi connectivity index (χ1v) is 10.6. The van der Waals surface area contributed by atoms with Gasteiger partial charge in [0.25, 0.3) is 0 Å². The maximum absolute atomic E-state index is 12.6. The van der Waals surface area contributed by atoms with E-state index in [-0.39, 0.29) is 24.7 Å². The van der Waals surface area contributed by atoms with Crippen LogP contribution in [-0.2, 0) is 39.7 Å². The number of amides is 1. The minimum atomic E-state index is -4.42. The molecular weight excluding hydrogens is 407 g/mol. The summed E-state index contributed by atoms with van der Waals surface area (Å²) in [5.74, 6) is -0.477.